The maximum atomic E-state index is 11.9. The van der Waals surface area contributed by atoms with E-state index in [2.05, 4.69) is 103 Å². The van der Waals surface area contributed by atoms with Crippen LogP contribution in [0.15, 0.2) is 30.3 Å². The van der Waals surface area contributed by atoms with Crippen LogP contribution < -0.4 is 0 Å². The van der Waals surface area contributed by atoms with Crippen molar-refractivity contribution in [3.05, 3.63) is 35.9 Å². The Bertz CT molecular complexity index is 576. The predicted octanol–water partition coefficient (Wildman–Crippen LogP) is 6.21. The molecule has 0 aliphatic rings. The molecule has 0 saturated heterocycles. The lowest BCUT2D eigenvalue weighted by molar-refractivity contribution is -0.113. The quantitative estimate of drug-likeness (QED) is 0.338. The summed E-state index contributed by atoms with van der Waals surface area (Å²) in [6, 6.07) is 10.6. The van der Waals surface area contributed by atoms with E-state index >= 15 is 0 Å². The van der Waals surface area contributed by atoms with Crippen molar-refractivity contribution in [2.45, 2.75) is 84.8 Å². The van der Waals surface area contributed by atoms with Crippen LogP contribution in [0.2, 0.25) is 58.9 Å². The smallest absolute Gasteiger partial charge is 0.158 e. The van der Waals surface area contributed by atoms with Gasteiger partial charge in [-0.15, -0.1) is 0 Å². The summed E-state index contributed by atoms with van der Waals surface area (Å²) in [6.07, 6.45) is 1.09. The number of carbonyl (C=O) groups excluding carboxylic acids is 1. The third-order valence-corrected chi connectivity index (χ3v) is 73.6. The Morgan fingerprint density at radius 1 is 0.778 bits per heavy atom. The fraction of sp³-hybridized carbons (Fsp3) is 0.667. The van der Waals surface area contributed by atoms with Gasteiger partial charge in [0.2, 0.25) is 0 Å². The minimum Gasteiger partial charge on any atom is -0.422 e. The molecule has 154 valence electrons. The van der Waals surface area contributed by atoms with E-state index in [1.165, 1.54) is 5.56 Å². The van der Waals surface area contributed by atoms with Crippen LogP contribution in [-0.4, -0.2) is 42.0 Å². The van der Waals surface area contributed by atoms with E-state index < -0.39 is 29.6 Å². The topological polar surface area (TPSA) is 26.3 Å². The van der Waals surface area contributed by atoms with Crippen molar-refractivity contribution in [3.8, 4) is 0 Å². The molecule has 27 heavy (non-hydrogen) atoms. The first-order chi connectivity index (χ1) is 12.1. The van der Waals surface area contributed by atoms with Crippen LogP contribution in [0, 0.1) is 5.92 Å². The zero-order valence-electron chi connectivity index (χ0n) is 19.5. The first kappa shape index (κ1) is 24.8. The van der Waals surface area contributed by atoms with E-state index in [0.717, 1.165) is 6.29 Å². The summed E-state index contributed by atoms with van der Waals surface area (Å²) in [5, 5.41) is 0. The van der Waals surface area contributed by atoms with Crippen LogP contribution in [-0.2, 0) is 9.22 Å². The molecule has 3 atom stereocenters. The molecule has 0 unspecified atom stereocenters. The second kappa shape index (κ2) is 8.61. The Labute approximate surface area is 171 Å². The molecule has 0 bridgehead atoms. The molecule has 1 rings (SSSR count). The molecular weight excluding hydrogens is 397 g/mol. The van der Waals surface area contributed by atoms with Gasteiger partial charge in [0.1, 0.15) is 6.29 Å². The van der Waals surface area contributed by atoms with Crippen molar-refractivity contribution < 1.29 is 9.22 Å². The molecule has 6 heteroatoms. The largest absolute Gasteiger partial charge is 0.422 e. The molecule has 0 amide bonds. The molecule has 0 radical (unpaired) electrons. The van der Waals surface area contributed by atoms with Gasteiger partial charge in [0.25, 0.3) is 0 Å². The number of aldehydes is 1. The highest BCUT2D eigenvalue weighted by molar-refractivity contribution is 7.87. The van der Waals surface area contributed by atoms with Gasteiger partial charge < -0.3 is 9.22 Å². The summed E-state index contributed by atoms with van der Waals surface area (Å²) in [6.45, 7) is 25.1. The fourth-order valence-corrected chi connectivity index (χ4v) is 99.8. The molecule has 1 aromatic rings. The highest BCUT2D eigenvalue weighted by atomic mass is 29.9. The third-order valence-electron chi connectivity index (χ3n) is 6.03. The van der Waals surface area contributed by atoms with E-state index in [-0.39, 0.29) is 17.9 Å². The van der Waals surface area contributed by atoms with Gasteiger partial charge in [0.05, 0.1) is 28.9 Å². The van der Waals surface area contributed by atoms with Gasteiger partial charge >= 0.3 is 0 Å². The molecule has 0 aliphatic heterocycles. The SMILES string of the molecule is C[C@H](C=O)[C@H](O[Si]([Si](C)(C)C)([Si](C)(C)C)[Si](C)(C)C)[C@@H](C)c1ccccc1. The number of rotatable bonds is 9. The van der Waals surface area contributed by atoms with Gasteiger partial charge in [-0.3, -0.25) is 0 Å². The van der Waals surface area contributed by atoms with Crippen molar-refractivity contribution in [1.82, 2.24) is 0 Å². The summed E-state index contributed by atoms with van der Waals surface area (Å²) in [7, 11) is -4.66. The summed E-state index contributed by atoms with van der Waals surface area (Å²) < 4.78 is 7.49. The van der Waals surface area contributed by atoms with E-state index in [1.807, 2.05) is 0 Å². The van der Waals surface area contributed by atoms with Gasteiger partial charge in [0, 0.05) is 11.8 Å². The van der Waals surface area contributed by atoms with Gasteiger partial charge in [-0.1, -0.05) is 103 Å². The zero-order chi connectivity index (χ0) is 21.3. The normalized spacial score (nSPS) is 17.3. The second-order valence-electron chi connectivity index (χ2n) is 11.2. The zero-order valence-corrected chi connectivity index (χ0v) is 23.5. The summed E-state index contributed by atoms with van der Waals surface area (Å²) in [5.41, 5.74) is 1.28. The Balaban J connectivity index is 3.59. The van der Waals surface area contributed by atoms with Crippen LogP contribution in [0.1, 0.15) is 25.3 Å². The lowest BCUT2D eigenvalue weighted by Crippen LogP contribution is -2.85. The van der Waals surface area contributed by atoms with Gasteiger partial charge in [-0.05, 0) is 5.56 Å². The first-order valence-electron chi connectivity index (χ1n) is 10.3. The number of hydrogen-bond acceptors (Lipinski definition) is 2. The molecule has 1 aromatic carbocycles. The highest BCUT2D eigenvalue weighted by Gasteiger charge is 2.64. The lowest BCUT2D eigenvalue weighted by atomic mass is 9.89. The molecular formula is C21H42O2Si4. The van der Waals surface area contributed by atoms with Crippen LogP contribution in [0.25, 0.3) is 0 Å². The van der Waals surface area contributed by atoms with Crippen molar-refractivity contribution in [2.24, 2.45) is 5.92 Å². The molecule has 0 heterocycles. The summed E-state index contributed by atoms with van der Waals surface area (Å²) in [5.74, 6) is 0.137. The Kier molecular flexibility index (Phi) is 7.89. The number of carbonyl (C=O) groups is 1. The minimum atomic E-state index is -1.98. The first-order valence-corrected chi connectivity index (χ1v) is 25.7. The molecule has 0 fully saturated rings. The molecule has 0 aromatic heterocycles. The number of benzene rings is 1. The maximum absolute atomic E-state index is 11.9. The molecule has 0 aliphatic carbocycles. The van der Waals surface area contributed by atoms with Gasteiger partial charge in [-0.25, -0.2) is 0 Å². The summed E-state index contributed by atoms with van der Waals surface area (Å²) in [4.78, 5) is 11.9. The summed E-state index contributed by atoms with van der Waals surface area (Å²) >= 11 is 0. The average Bonchev–Trinajstić information content (AvgIpc) is 2.51. The Morgan fingerprint density at radius 3 is 1.52 bits per heavy atom. The van der Waals surface area contributed by atoms with Crippen molar-refractivity contribution in [3.63, 3.8) is 0 Å². The maximum Gasteiger partial charge on any atom is 0.158 e. The van der Waals surface area contributed by atoms with Gasteiger partial charge in [0.15, 0.2) is 6.87 Å². The number of hydrogen-bond donors (Lipinski definition) is 0. The van der Waals surface area contributed by atoms with E-state index in [9.17, 15) is 4.79 Å². The van der Waals surface area contributed by atoms with Crippen LogP contribution in [0.4, 0.5) is 0 Å². The van der Waals surface area contributed by atoms with Crippen molar-refractivity contribution in [1.29, 1.82) is 0 Å². The fourth-order valence-electron chi connectivity index (χ4n) is 5.80. The van der Waals surface area contributed by atoms with E-state index in [0.29, 0.717) is 0 Å². The van der Waals surface area contributed by atoms with Crippen LogP contribution in [0.3, 0.4) is 0 Å². The van der Waals surface area contributed by atoms with E-state index in [4.69, 9.17) is 4.43 Å². The van der Waals surface area contributed by atoms with Gasteiger partial charge in [-0.2, -0.15) is 0 Å². The van der Waals surface area contributed by atoms with Crippen LogP contribution in [0.5, 0.6) is 0 Å². The average molecular weight is 439 g/mol. The molecule has 0 saturated carbocycles. The molecule has 0 N–H and O–H groups in total. The molecule has 0 spiro atoms. The molecule has 2 nitrogen and oxygen atoms in total. The highest BCUT2D eigenvalue weighted by Crippen LogP contribution is 2.41. The second-order valence-corrected chi connectivity index (χ2v) is 50.6. The van der Waals surface area contributed by atoms with Crippen molar-refractivity contribution in [2.75, 3.05) is 0 Å². The van der Waals surface area contributed by atoms with Crippen LogP contribution >= 0.6 is 0 Å². The third kappa shape index (κ3) is 5.01. The Hall–Kier alpha value is -0.282. The lowest BCUT2D eigenvalue weighted by Gasteiger charge is -2.58. The predicted molar refractivity (Wildman–Crippen MR) is 131 cm³/mol. The Morgan fingerprint density at radius 2 is 1.19 bits per heavy atom. The standard InChI is InChI=1S/C21H42O2Si4/c1-18(17-22)21(19(2)20-15-13-12-14-16-20)23-27(24(3,4)5,25(6,7)8)26(9,10)11/h12-19,21H,1-11H3/t18-,19+,21+/m1/s1. The minimum absolute atomic E-state index is 0.0262. The van der Waals surface area contributed by atoms with Crippen molar-refractivity contribution >= 4 is 35.9 Å². The monoisotopic (exact) mass is 438 g/mol. The van der Waals surface area contributed by atoms with E-state index in [1.54, 1.807) is 0 Å².